The summed E-state index contributed by atoms with van der Waals surface area (Å²) in [4.78, 5) is 23.4. The van der Waals surface area contributed by atoms with Crippen LogP contribution in [0, 0.1) is 20.8 Å². The van der Waals surface area contributed by atoms with Crippen molar-refractivity contribution in [3.05, 3.63) is 17.0 Å². The first-order chi connectivity index (χ1) is 9.90. The topological polar surface area (TPSA) is 106 Å². The molecule has 0 aliphatic heterocycles. The minimum absolute atomic E-state index is 0.303. The summed E-state index contributed by atoms with van der Waals surface area (Å²) >= 11 is 1.28. The number of nitrogen functional groups attached to an aromatic ring is 1. The van der Waals surface area contributed by atoms with Crippen molar-refractivity contribution < 1.29 is 0 Å². The van der Waals surface area contributed by atoms with Gasteiger partial charge in [0.2, 0.25) is 17.1 Å². The number of aryl methyl sites for hydroxylation is 2. The fraction of sp³-hybridized carbons (Fsp3) is 0.417. The summed E-state index contributed by atoms with van der Waals surface area (Å²) in [7, 11) is 3.70. The Bertz CT molecular complexity index is 635. The number of nitrogens with one attached hydrogen (secondary N) is 1. The van der Waals surface area contributed by atoms with Crippen molar-refractivity contribution in [3.63, 3.8) is 0 Å². The standard InChI is InChI=1S/C12H18N8S/c1-6-7(2)14-11(15-8(6)3)21-12-17-9(19-13)16-10(18-12)20(4)5/h13H2,1-5H3,(H,16,17,18,19). The molecule has 0 aliphatic rings. The quantitative estimate of drug-likeness (QED) is 0.487. The Kier molecular flexibility index (Phi) is 4.53. The van der Waals surface area contributed by atoms with Gasteiger partial charge in [-0.2, -0.15) is 15.0 Å². The Balaban J connectivity index is 2.37. The van der Waals surface area contributed by atoms with Crippen molar-refractivity contribution in [1.82, 2.24) is 24.9 Å². The monoisotopic (exact) mass is 306 g/mol. The van der Waals surface area contributed by atoms with Gasteiger partial charge in [-0.3, -0.25) is 5.43 Å². The molecular weight excluding hydrogens is 288 g/mol. The lowest BCUT2D eigenvalue weighted by atomic mass is 10.2. The SMILES string of the molecule is Cc1nc(Sc2nc(NN)nc(N(C)C)n2)nc(C)c1C. The van der Waals surface area contributed by atoms with E-state index in [1.165, 1.54) is 11.8 Å². The first-order valence-electron chi connectivity index (χ1n) is 6.30. The highest BCUT2D eigenvalue weighted by molar-refractivity contribution is 7.99. The first kappa shape index (κ1) is 15.4. The van der Waals surface area contributed by atoms with Crippen LogP contribution in [-0.2, 0) is 0 Å². The molecule has 3 N–H and O–H groups in total. The predicted molar refractivity (Wildman–Crippen MR) is 82.3 cm³/mol. The molecule has 0 saturated carbocycles. The maximum atomic E-state index is 5.39. The number of anilines is 2. The summed E-state index contributed by atoms with van der Waals surface area (Å²) in [5, 5.41) is 1.10. The second-order valence-corrected chi connectivity index (χ2v) is 5.62. The highest BCUT2D eigenvalue weighted by atomic mass is 32.2. The van der Waals surface area contributed by atoms with Crippen LogP contribution in [0.3, 0.4) is 0 Å². The van der Waals surface area contributed by atoms with E-state index in [4.69, 9.17) is 5.84 Å². The molecule has 8 nitrogen and oxygen atoms in total. The Hall–Kier alpha value is -2.00. The van der Waals surface area contributed by atoms with E-state index in [9.17, 15) is 0 Å². The van der Waals surface area contributed by atoms with Gasteiger partial charge in [0.25, 0.3) is 0 Å². The van der Waals surface area contributed by atoms with E-state index < -0.39 is 0 Å². The van der Waals surface area contributed by atoms with Crippen molar-refractivity contribution in [3.8, 4) is 0 Å². The minimum atomic E-state index is 0.303. The molecule has 0 aromatic carbocycles. The van der Waals surface area contributed by atoms with E-state index in [1.54, 1.807) is 4.90 Å². The summed E-state index contributed by atoms with van der Waals surface area (Å²) < 4.78 is 0. The molecule has 0 unspecified atom stereocenters. The fourth-order valence-corrected chi connectivity index (χ4v) is 2.31. The molecule has 2 rings (SSSR count). The van der Waals surface area contributed by atoms with Crippen molar-refractivity contribution in [2.24, 2.45) is 5.84 Å². The molecule has 0 aliphatic carbocycles. The van der Waals surface area contributed by atoms with Gasteiger partial charge in [-0.1, -0.05) is 0 Å². The summed E-state index contributed by atoms with van der Waals surface area (Å²) in [6.45, 7) is 5.92. The zero-order chi connectivity index (χ0) is 15.6. The maximum absolute atomic E-state index is 5.39. The zero-order valence-corrected chi connectivity index (χ0v) is 13.5. The highest BCUT2D eigenvalue weighted by Gasteiger charge is 2.12. The smallest absolute Gasteiger partial charge is 0.242 e. The van der Waals surface area contributed by atoms with Crippen LogP contribution in [0.1, 0.15) is 17.0 Å². The summed E-state index contributed by atoms with van der Waals surface area (Å²) in [6.07, 6.45) is 0. The molecule has 2 heterocycles. The van der Waals surface area contributed by atoms with Crippen LogP contribution in [0.2, 0.25) is 0 Å². The van der Waals surface area contributed by atoms with E-state index >= 15 is 0 Å². The molecule has 112 valence electrons. The molecule has 0 fully saturated rings. The van der Waals surface area contributed by atoms with E-state index in [-0.39, 0.29) is 0 Å². The lowest BCUT2D eigenvalue weighted by molar-refractivity contribution is 0.845. The third-order valence-electron chi connectivity index (χ3n) is 2.93. The van der Waals surface area contributed by atoms with Crippen LogP contribution in [-0.4, -0.2) is 39.0 Å². The van der Waals surface area contributed by atoms with Gasteiger partial charge < -0.3 is 4.90 Å². The predicted octanol–water partition coefficient (Wildman–Crippen LogP) is 1.09. The van der Waals surface area contributed by atoms with Crippen LogP contribution < -0.4 is 16.2 Å². The number of rotatable bonds is 4. The Labute approximate surface area is 127 Å². The average molecular weight is 306 g/mol. The van der Waals surface area contributed by atoms with Crippen molar-refractivity contribution in [2.45, 2.75) is 31.1 Å². The van der Waals surface area contributed by atoms with Gasteiger partial charge >= 0.3 is 0 Å². The minimum Gasteiger partial charge on any atom is -0.347 e. The van der Waals surface area contributed by atoms with E-state index in [0.29, 0.717) is 22.2 Å². The average Bonchev–Trinajstić information content (AvgIpc) is 2.44. The van der Waals surface area contributed by atoms with Crippen molar-refractivity contribution in [1.29, 1.82) is 0 Å². The van der Waals surface area contributed by atoms with Gasteiger partial charge in [0, 0.05) is 25.5 Å². The largest absolute Gasteiger partial charge is 0.347 e. The molecule has 0 atom stereocenters. The molecule has 9 heteroatoms. The third-order valence-corrected chi connectivity index (χ3v) is 3.66. The molecule has 0 radical (unpaired) electrons. The van der Waals surface area contributed by atoms with Crippen LogP contribution in [0.15, 0.2) is 10.3 Å². The number of hydrogen-bond acceptors (Lipinski definition) is 9. The summed E-state index contributed by atoms with van der Waals surface area (Å²) in [6, 6.07) is 0. The van der Waals surface area contributed by atoms with Gasteiger partial charge in [0.05, 0.1) is 0 Å². The van der Waals surface area contributed by atoms with Gasteiger partial charge in [-0.15, -0.1) is 0 Å². The van der Waals surface area contributed by atoms with Crippen LogP contribution in [0.4, 0.5) is 11.9 Å². The van der Waals surface area contributed by atoms with Gasteiger partial charge in [-0.25, -0.2) is 15.8 Å². The van der Waals surface area contributed by atoms with Gasteiger partial charge in [0.1, 0.15) is 0 Å². The second kappa shape index (κ2) is 6.19. The molecule has 0 amide bonds. The number of hydrogen-bond donors (Lipinski definition) is 2. The molecule has 2 aromatic heterocycles. The zero-order valence-electron chi connectivity index (χ0n) is 12.7. The number of hydrazine groups is 1. The normalized spacial score (nSPS) is 10.6. The fourth-order valence-electron chi connectivity index (χ4n) is 1.52. The summed E-state index contributed by atoms with van der Waals surface area (Å²) in [5.41, 5.74) is 5.42. The molecule has 0 spiro atoms. The number of nitrogens with two attached hydrogens (primary N) is 1. The lowest BCUT2D eigenvalue weighted by Crippen LogP contribution is -2.17. The maximum Gasteiger partial charge on any atom is 0.242 e. The Morgan fingerprint density at radius 2 is 1.48 bits per heavy atom. The summed E-state index contributed by atoms with van der Waals surface area (Å²) in [5.74, 6) is 6.20. The van der Waals surface area contributed by atoms with E-state index in [2.05, 4.69) is 30.3 Å². The van der Waals surface area contributed by atoms with Crippen LogP contribution in [0.25, 0.3) is 0 Å². The van der Waals surface area contributed by atoms with E-state index in [1.807, 2.05) is 34.9 Å². The first-order valence-corrected chi connectivity index (χ1v) is 7.12. The second-order valence-electron chi connectivity index (χ2n) is 4.68. The molecule has 2 aromatic rings. The third kappa shape index (κ3) is 3.56. The van der Waals surface area contributed by atoms with Crippen LogP contribution >= 0.6 is 11.8 Å². The van der Waals surface area contributed by atoms with Crippen LogP contribution in [0.5, 0.6) is 0 Å². The van der Waals surface area contributed by atoms with Gasteiger partial charge in [0.15, 0.2) is 5.16 Å². The van der Waals surface area contributed by atoms with Crippen molar-refractivity contribution in [2.75, 3.05) is 24.4 Å². The molecule has 0 bridgehead atoms. The molecule has 0 saturated heterocycles. The van der Waals surface area contributed by atoms with Gasteiger partial charge in [-0.05, 0) is 38.1 Å². The molecular formula is C12H18N8S. The van der Waals surface area contributed by atoms with E-state index in [0.717, 1.165) is 17.0 Å². The molecule has 21 heavy (non-hydrogen) atoms. The van der Waals surface area contributed by atoms with Crippen molar-refractivity contribution >= 4 is 23.7 Å². The lowest BCUT2D eigenvalue weighted by Gasteiger charge is -2.12. The Morgan fingerprint density at radius 1 is 0.905 bits per heavy atom. The highest BCUT2D eigenvalue weighted by Crippen LogP contribution is 2.24. The number of aromatic nitrogens is 5. The Morgan fingerprint density at radius 3 is 2.00 bits per heavy atom. The number of nitrogens with zero attached hydrogens (tertiary/aromatic N) is 6.